The summed E-state index contributed by atoms with van der Waals surface area (Å²) < 4.78 is 0. The molecule has 0 amide bonds. The quantitative estimate of drug-likeness (QED) is 0.712. The molecular weight excluding hydrogens is 180 g/mol. The number of nitrogens with zero attached hydrogens (tertiary/aromatic N) is 2. The van der Waals surface area contributed by atoms with Gasteiger partial charge >= 0.3 is 0 Å². The van der Waals surface area contributed by atoms with E-state index in [-0.39, 0.29) is 17.2 Å². The Morgan fingerprint density at radius 2 is 1.79 bits per heavy atom. The van der Waals surface area contributed by atoms with Crippen molar-refractivity contribution >= 4 is 0 Å². The van der Waals surface area contributed by atoms with E-state index in [1.165, 1.54) is 12.3 Å². The molecule has 2 heterocycles. The second kappa shape index (κ2) is 3.33. The van der Waals surface area contributed by atoms with Gasteiger partial charge in [0.15, 0.2) is 11.5 Å². The molecule has 2 rings (SSSR count). The molecular formula is C10H8N2O2. The standard InChI is InChI=1S/C10H8N2O2/c13-8-4-6-12-9(10(8)14)7-3-1-2-5-11-7/h1-6,14H,(H,12,13). The van der Waals surface area contributed by atoms with Gasteiger partial charge in [-0.2, -0.15) is 0 Å². The molecule has 0 fully saturated rings. The maximum atomic E-state index is 9.50. The molecule has 0 bridgehead atoms. The van der Waals surface area contributed by atoms with Gasteiger partial charge in [-0.25, -0.2) is 0 Å². The first-order valence-corrected chi connectivity index (χ1v) is 4.07. The number of hydrogen-bond donors (Lipinski definition) is 2. The lowest BCUT2D eigenvalue weighted by molar-refractivity contribution is 0.403. The van der Waals surface area contributed by atoms with E-state index in [1.807, 2.05) is 0 Å². The highest BCUT2D eigenvalue weighted by molar-refractivity contribution is 5.65. The summed E-state index contributed by atoms with van der Waals surface area (Å²) in [6, 6.07) is 6.58. The van der Waals surface area contributed by atoms with Crippen LogP contribution in [0.15, 0.2) is 36.7 Å². The molecule has 0 spiro atoms. The SMILES string of the molecule is Oc1ccnc(-c2ccccn2)c1O. The average molecular weight is 188 g/mol. The number of aromatic hydroxyl groups is 2. The zero-order valence-corrected chi connectivity index (χ0v) is 7.25. The predicted molar refractivity (Wildman–Crippen MR) is 50.8 cm³/mol. The Balaban J connectivity index is 2.58. The van der Waals surface area contributed by atoms with Crippen LogP contribution in [-0.2, 0) is 0 Å². The van der Waals surface area contributed by atoms with Crippen molar-refractivity contribution in [2.24, 2.45) is 0 Å². The van der Waals surface area contributed by atoms with Gasteiger partial charge in [-0.15, -0.1) is 0 Å². The average Bonchev–Trinajstić information content (AvgIpc) is 2.23. The van der Waals surface area contributed by atoms with Gasteiger partial charge in [0.05, 0.1) is 5.69 Å². The van der Waals surface area contributed by atoms with E-state index in [4.69, 9.17) is 0 Å². The fraction of sp³-hybridized carbons (Fsp3) is 0. The van der Waals surface area contributed by atoms with Crippen LogP contribution in [0.2, 0.25) is 0 Å². The van der Waals surface area contributed by atoms with Crippen molar-refractivity contribution in [3.05, 3.63) is 36.7 Å². The van der Waals surface area contributed by atoms with Gasteiger partial charge < -0.3 is 10.2 Å². The highest BCUT2D eigenvalue weighted by Gasteiger charge is 2.09. The topological polar surface area (TPSA) is 66.2 Å². The van der Waals surface area contributed by atoms with Gasteiger partial charge in [0.1, 0.15) is 5.69 Å². The summed E-state index contributed by atoms with van der Waals surface area (Å²) in [6.07, 6.45) is 3.01. The highest BCUT2D eigenvalue weighted by atomic mass is 16.3. The Bertz CT molecular complexity index is 443. The minimum atomic E-state index is -0.244. The molecule has 0 radical (unpaired) electrons. The van der Waals surface area contributed by atoms with Crippen LogP contribution in [0.5, 0.6) is 11.5 Å². The summed E-state index contributed by atoms with van der Waals surface area (Å²) in [5, 5.41) is 18.7. The largest absolute Gasteiger partial charge is 0.504 e. The summed E-state index contributed by atoms with van der Waals surface area (Å²) in [6.45, 7) is 0. The van der Waals surface area contributed by atoms with Crippen LogP contribution in [0.3, 0.4) is 0 Å². The summed E-state index contributed by atoms with van der Waals surface area (Å²) in [5.41, 5.74) is 0.812. The van der Waals surface area contributed by atoms with Crippen molar-refractivity contribution in [3.63, 3.8) is 0 Å². The molecule has 0 unspecified atom stereocenters. The van der Waals surface area contributed by atoms with Crippen LogP contribution in [0.25, 0.3) is 11.4 Å². The fourth-order valence-electron chi connectivity index (χ4n) is 1.13. The zero-order chi connectivity index (χ0) is 9.97. The van der Waals surface area contributed by atoms with Crippen LogP contribution >= 0.6 is 0 Å². The molecule has 4 nitrogen and oxygen atoms in total. The lowest BCUT2D eigenvalue weighted by atomic mass is 10.2. The molecule has 2 aromatic rings. The molecule has 14 heavy (non-hydrogen) atoms. The Morgan fingerprint density at radius 1 is 0.929 bits per heavy atom. The van der Waals surface area contributed by atoms with Crippen molar-refractivity contribution in [2.75, 3.05) is 0 Å². The van der Waals surface area contributed by atoms with Crippen molar-refractivity contribution in [2.45, 2.75) is 0 Å². The van der Waals surface area contributed by atoms with Crippen molar-refractivity contribution < 1.29 is 10.2 Å². The molecule has 2 N–H and O–H groups in total. The first-order valence-electron chi connectivity index (χ1n) is 4.07. The van der Waals surface area contributed by atoms with Gasteiger partial charge in [0, 0.05) is 18.5 Å². The van der Waals surface area contributed by atoms with Crippen molar-refractivity contribution in [3.8, 4) is 22.9 Å². The molecule has 0 saturated carbocycles. The third-order valence-electron chi connectivity index (χ3n) is 1.81. The van der Waals surface area contributed by atoms with Crippen LogP contribution < -0.4 is 0 Å². The molecule has 0 aliphatic rings. The first-order chi connectivity index (χ1) is 6.79. The second-order valence-corrected chi connectivity index (χ2v) is 2.74. The van der Waals surface area contributed by atoms with Crippen LogP contribution in [0, 0.1) is 0 Å². The number of pyridine rings is 2. The van der Waals surface area contributed by atoms with Crippen molar-refractivity contribution in [1.82, 2.24) is 9.97 Å². The van der Waals surface area contributed by atoms with Gasteiger partial charge in [0.25, 0.3) is 0 Å². The molecule has 4 heteroatoms. The van der Waals surface area contributed by atoms with E-state index in [1.54, 1.807) is 24.4 Å². The van der Waals surface area contributed by atoms with E-state index in [2.05, 4.69) is 9.97 Å². The summed E-state index contributed by atoms with van der Waals surface area (Å²) in [7, 11) is 0. The Kier molecular flexibility index (Phi) is 2.02. The smallest absolute Gasteiger partial charge is 0.186 e. The predicted octanol–water partition coefficient (Wildman–Crippen LogP) is 1.55. The zero-order valence-electron chi connectivity index (χ0n) is 7.25. The van der Waals surface area contributed by atoms with E-state index < -0.39 is 0 Å². The fourth-order valence-corrected chi connectivity index (χ4v) is 1.13. The molecule has 0 aliphatic heterocycles. The second-order valence-electron chi connectivity index (χ2n) is 2.74. The minimum absolute atomic E-state index is 0.194. The molecule has 0 saturated heterocycles. The number of aromatic nitrogens is 2. The van der Waals surface area contributed by atoms with Crippen LogP contribution in [0.1, 0.15) is 0 Å². The van der Waals surface area contributed by atoms with Crippen LogP contribution in [0.4, 0.5) is 0 Å². The number of rotatable bonds is 1. The lowest BCUT2D eigenvalue weighted by Crippen LogP contribution is -1.86. The molecule has 2 aromatic heterocycles. The van der Waals surface area contributed by atoms with Crippen molar-refractivity contribution in [1.29, 1.82) is 0 Å². The van der Waals surface area contributed by atoms with E-state index >= 15 is 0 Å². The monoisotopic (exact) mass is 188 g/mol. The Labute approximate surface area is 80.5 Å². The van der Waals surface area contributed by atoms with Gasteiger partial charge in [-0.05, 0) is 12.1 Å². The third-order valence-corrected chi connectivity index (χ3v) is 1.81. The molecule has 70 valence electrons. The molecule has 0 aliphatic carbocycles. The minimum Gasteiger partial charge on any atom is -0.504 e. The Hall–Kier alpha value is -2.10. The first kappa shape index (κ1) is 8.50. The molecule has 0 atom stereocenters. The maximum Gasteiger partial charge on any atom is 0.186 e. The van der Waals surface area contributed by atoms with Gasteiger partial charge in [-0.1, -0.05) is 6.07 Å². The molecule has 0 aromatic carbocycles. The highest BCUT2D eigenvalue weighted by Crippen LogP contribution is 2.32. The third kappa shape index (κ3) is 1.37. The summed E-state index contributed by atoms with van der Waals surface area (Å²) in [4.78, 5) is 7.95. The number of hydrogen-bond acceptors (Lipinski definition) is 4. The summed E-state index contributed by atoms with van der Waals surface area (Å²) in [5.74, 6) is -0.438. The van der Waals surface area contributed by atoms with Gasteiger partial charge in [0.2, 0.25) is 0 Å². The van der Waals surface area contributed by atoms with Crippen LogP contribution in [-0.4, -0.2) is 20.2 Å². The summed E-state index contributed by atoms with van der Waals surface area (Å²) >= 11 is 0. The van der Waals surface area contributed by atoms with E-state index in [0.717, 1.165) is 0 Å². The normalized spacial score (nSPS) is 10.0. The van der Waals surface area contributed by atoms with E-state index in [0.29, 0.717) is 5.69 Å². The van der Waals surface area contributed by atoms with Gasteiger partial charge in [-0.3, -0.25) is 9.97 Å². The Morgan fingerprint density at radius 3 is 2.50 bits per heavy atom. The van der Waals surface area contributed by atoms with E-state index in [9.17, 15) is 10.2 Å². The lowest BCUT2D eigenvalue weighted by Gasteiger charge is -2.03. The maximum absolute atomic E-state index is 9.50.